The Morgan fingerprint density at radius 2 is 1.33 bits per heavy atom. The first kappa shape index (κ1) is 2.05. The molecule has 2 heterocycles. The number of azo groups is 1. The van der Waals surface area contributed by atoms with E-state index in [1.165, 1.54) is 0 Å². The van der Waals surface area contributed by atoms with Crippen LogP contribution in [-0.2, 0) is 0 Å². The van der Waals surface area contributed by atoms with Crippen molar-refractivity contribution in [3.8, 4) is 0 Å². The summed E-state index contributed by atoms with van der Waals surface area (Å²) in [6.45, 7) is 0. The topological polar surface area (TPSA) is 24.7 Å². The van der Waals surface area contributed by atoms with E-state index in [-0.39, 0.29) is 0 Å². The molecule has 0 unspecified atom stereocenters. The zero-order valence-electron chi connectivity index (χ0n) is 3.20. The summed E-state index contributed by atoms with van der Waals surface area (Å²) >= 11 is 0. The fraction of sp³-hybridized carbons (Fsp3) is 1.00. The molecule has 0 N–H and O–H groups in total. The van der Waals surface area contributed by atoms with Crippen LogP contribution in [0.3, 0.4) is 0 Å². The van der Waals surface area contributed by atoms with E-state index in [9.17, 15) is 0 Å². The average molecular weight is 80.1 g/mol. The van der Waals surface area contributed by atoms with E-state index in [1.54, 1.807) is 0 Å². The molecule has 2 bridgehead atoms. The van der Waals surface area contributed by atoms with Crippen LogP contribution in [-0.4, -0.2) is 12.1 Å². The van der Waals surface area contributed by atoms with Gasteiger partial charge in [-0.3, -0.25) is 0 Å². The standard InChI is InChI=1S/C4H4N2/c5-3-1-2(3)4(1)6-5/h1-4H. The fourth-order valence-electron chi connectivity index (χ4n) is 1.40. The molecule has 0 saturated heterocycles. The third kappa shape index (κ3) is 0.0573. The first-order valence-corrected chi connectivity index (χ1v) is 2.38. The van der Waals surface area contributed by atoms with Crippen LogP contribution in [0.2, 0.25) is 0 Å². The Morgan fingerprint density at radius 1 is 0.833 bits per heavy atom. The van der Waals surface area contributed by atoms with E-state index in [4.69, 9.17) is 0 Å². The van der Waals surface area contributed by atoms with Gasteiger partial charge in [-0.05, 0) is 0 Å². The summed E-state index contributed by atoms with van der Waals surface area (Å²) in [5, 5.41) is 7.94. The highest BCUT2D eigenvalue weighted by Gasteiger charge is 2.79. The molecule has 0 amide bonds. The van der Waals surface area contributed by atoms with Crippen molar-refractivity contribution in [2.75, 3.05) is 0 Å². The van der Waals surface area contributed by atoms with Gasteiger partial charge in [-0.2, -0.15) is 10.2 Å². The molecular formula is C4H4N2. The third-order valence-electron chi connectivity index (χ3n) is 2.07. The predicted molar refractivity (Wildman–Crippen MR) is 19.4 cm³/mol. The molecule has 2 heteroatoms. The molecule has 4 aliphatic rings. The highest BCUT2D eigenvalue weighted by Crippen LogP contribution is 2.70. The lowest BCUT2D eigenvalue weighted by molar-refractivity contribution is 0.791. The maximum Gasteiger partial charge on any atom is 0.0815 e. The second-order valence-corrected chi connectivity index (χ2v) is 2.37. The summed E-state index contributed by atoms with van der Waals surface area (Å²) in [5.74, 6) is 1.93. The third-order valence-corrected chi connectivity index (χ3v) is 2.07. The number of nitrogens with zero attached hydrogens (tertiary/aromatic N) is 2. The average Bonchev–Trinajstić information content (AvgIpc) is 2.30. The van der Waals surface area contributed by atoms with E-state index in [2.05, 4.69) is 10.2 Å². The fourth-order valence-corrected chi connectivity index (χ4v) is 1.40. The molecule has 2 nitrogen and oxygen atoms in total. The van der Waals surface area contributed by atoms with Gasteiger partial charge in [0.1, 0.15) is 0 Å². The van der Waals surface area contributed by atoms with Gasteiger partial charge in [-0.25, -0.2) is 0 Å². The number of hydrogen-bond donors (Lipinski definition) is 0. The molecule has 2 aliphatic carbocycles. The Morgan fingerprint density at radius 3 is 1.50 bits per heavy atom. The predicted octanol–water partition coefficient (Wildman–Crippen LogP) is 0.449. The van der Waals surface area contributed by atoms with Crippen LogP contribution in [0.1, 0.15) is 0 Å². The Kier molecular flexibility index (Phi) is 0.110. The van der Waals surface area contributed by atoms with Gasteiger partial charge < -0.3 is 0 Å². The zero-order valence-corrected chi connectivity index (χ0v) is 3.20. The summed E-state index contributed by atoms with van der Waals surface area (Å²) in [7, 11) is 0. The Hall–Kier alpha value is -0.400. The lowest BCUT2D eigenvalue weighted by atomic mass is 10.3. The van der Waals surface area contributed by atoms with Crippen LogP contribution in [0.5, 0.6) is 0 Å². The summed E-state index contributed by atoms with van der Waals surface area (Å²) in [5.41, 5.74) is 0. The summed E-state index contributed by atoms with van der Waals surface area (Å²) in [6, 6.07) is 1.46. The van der Waals surface area contributed by atoms with E-state index >= 15 is 0 Å². The molecule has 0 aromatic carbocycles. The van der Waals surface area contributed by atoms with Crippen molar-refractivity contribution in [1.82, 2.24) is 0 Å². The van der Waals surface area contributed by atoms with Crippen molar-refractivity contribution in [2.24, 2.45) is 22.1 Å². The first-order chi connectivity index (χ1) is 2.98. The minimum Gasteiger partial charge on any atom is -0.190 e. The molecule has 0 aromatic heterocycles. The van der Waals surface area contributed by atoms with Crippen molar-refractivity contribution >= 4 is 0 Å². The van der Waals surface area contributed by atoms with Crippen molar-refractivity contribution in [3.63, 3.8) is 0 Å². The van der Waals surface area contributed by atoms with Gasteiger partial charge in [0, 0.05) is 11.8 Å². The molecule has 0 radical (unpaired) electrons. The van der Waals surface area contributed by atoms with E-state index in [1.807, 2.05) is 0 Å². The van der Waals surface area contributed by atoms with Gasteiger partial charge in [-0.1, -0.05) is 0 Å². The van der Waals surface area contributed by atoms with E-state index in [0.29, 0.717) is 0 Å². The Labute approximate surface area is 35.3 Å². The maximum atomic E-state index is 3.97. The second kappa shape index (κ2) is 0.322. The Balaban J connectivity index is 2.35. The maximum absolute atomic E-state index is 3.97. The molecule has 2 fully saturated rings. The molecule has 0 spiro atoms. The van der Waals surface area contributed by atoms with Crippen molar-refractivity contribution in [1.29, 1.82) is 0 Å². The normalized spacial score (nSPS) is 77.3. The minimum atomic E-state index is 0.731. The lowest BCUT2D eigenvalue weighted by Crippen LogP contribution is -1.93. The summed E-state index contributed by atoms with van der Waals surface area (Å²) < 4.78 is 0. The molecule has 4 rings (SSSR count). The number of hydrogen-bond acceptors (Lipinski definition) is 2. The SMILES string of the molecule is N1=NC2C3C1C23. The van der Waals surface area contributed by atoms with E-state index in [0.717, 1.165) is 23.9 Å². The monoisotopic (exact) mass is 80.0 g/mol. The Bertz CT molecular complexity index is 116. The molecule has 0 atom stereocenters. The van der Waals surface area contributed by atoms with Gasteiger partial charge in [0.15, 0.2) is 0 Å². The quantitative estimate of drug-likeness (QED) is 0.403. The van der Waals surface area contributed by atoms with Gasteiger partial charge in [-0.15, -0.1) is 0 Å². The van der Waals surface area contributed by atoms with Crippen molar-refractivity contribution in [3.05, 3.63) is 0 Å². The van der Waals surface area contributed by atoms with Crippen LogP contribution in [0.15, 0.2) is 10.2 Å². The molecule has 2 saturated carbocycles. The smallest absolute Gasteiger partial charge is 0.0815 e. The van der Waals surface area contributed by atoms with Crippen LogP contribution >= 0.6 is 0 Å². The highest BCUT2D eigenvalue weighted by molar-refractivity contribution is 5.32. The summed E-state index contributed by atoms with van der Waals surface area (Å²) in [4.78, 5) is 0. The second-order valence-electron chi connectivity index (χ2n) is 2.37. The highest BCUT2D eigenvalue weighted by atomic mass is 15.3. The lowest BCUT2D eigenvalue weighted by Gasteiger charge is -1.78. The summed E-state index contributed by atoms with van der Waals surface area (Å²) in [6.07, 6.45) is 0. The van der Waals surface area contributed by atoms with Crippen LogP contribution in [0.25, 0.3) is 0 Å². The van der Waals surface area contributed by atoms with Crippen molar-refractivity contribution in [2.45, 2.75) is 12.1 Å². The van der Waals surface area contributed by atoms with Gasteiger partial charge >= 0.3 is 0 Å². The first-order valence-electron chi connectivity index (χ1n) is 2.38. The minimum absolute atomic E-state index is 0.731. The van der Waals surface area contributed by atoms with Gasteiger partial charge in [0.25, 0.3) is 0 Å². The van der Waals surface area contributed by atoms with Crippen LogP contribution < -0.4 is 0 Å². The molecule has 30 valence electrons. The van der Waals surface area contributed by atoms with Crippen LogP contribution in [0, 0.1) is 11.8 Å². The largest absolute Gasteiger partial charge is 0.190 e. The molecule has 0 aromatic rings. The zero-order chi connectivity index (χ0) is 3.72. The van der Waals surface area contributed by atoms with Gasteiger partial charge in [0.05, 0.1) is 12.1 Å². The molecular weight excluding hydrogens is 76.1 g/mol. The number of rotatable bonds is 0. The van der Waals surface area contributed by atoms with E-state index < -0.39 is 0 Å². The van der Waals surface area contributed by atoms with Crippen LogP contribution in [0.4, 0.5) is 0 Å². The molecule has 2 aliphatic heterocycles. The molecule has 6 heavy (non-hydrogen) atoms. The van der Waals surface area contributed by atoms with Gasteiger partial charge in [0.2, 0.25) is 0 Å². The van der Waals surface area contributed by atoms with Crippen molar-refractivity contribution < 1.29 is 0 Å².